The molecule has 0 atom stereocenters. The number of hydrogen-bond donors (Lipinski definition) is 1. The average Bonchev–Trinajstić information content (AvgIpc) is 3.37. The molecule has 5 heteroatoms. The van der Waals surface area contributed by atoms with E-state index in [-0.39, 0.29) is 18.3 Å². The zero-order chi connectivity index (χ0) is 16.2. The smallest absolute Gasteiger partial charge is 0.253 e. The van der Waals surface area contributed by atoms with Crippen LogP contribution in [0, 0.1) is 5.92 Å². The molecule has 3 rings (SSSR count). The molecular weight excluding hydrogens is 340 g/mol. The second-order valence-electron chi connectivity index (χ2n) is 7.11. The van der Waals surface area contributed by atoms with E-state index in [0.29, 0.717) is 11.3 Å². The van der Waals surface area contributed by atoms with E-state index in [1.807, 2.05) is 28.8 Å². The van der Waals surface area contributed by atoms with Crippen molar-refractivity contribution < 1.29 is 4.79 Å². The minimum Gasteiger partial charge on any atom is -0.339 e. The van der Waals surface area contributed by atoms with Gasteiger partial charge in [-0.1, -0.05) is 13.8 Å². The number of nitrogens with zero attached hydrogens (tertiary/aromatic N) is 1. The first-order chi connectivity index (χ1) is 11.1. The minimum absolute atomic E-state index is 0. The third-order valence-electron chi connectivity index (χ3n) is 4.65. The van der Waals surface area contributed by atoms with Crippen molar-refractivity contribution in [3.05, 3.63) is 29.8 Å². The van der Waals surface area contributed by atoms with Gasteiger partial charge >= 0.3 is 0 Å². The van der Waals surface area contributed by atoms with Crippen LogP contribution in [0.5, 0.6) is 0 Å². The number of thioether (sulfide) groups is 1. The fraction of sp³-hybridized carbons (Fsp3) is 0.632. The summed E-state index contributed by atoms with van der Waals surface area (Å²) in [6, 6.07) is 8.70. The monoisotopic (exact) mass is 368 g/mol. The van der Waals surface area contributed by atoms with Crippen LogP contribution >= 0.6 is 24.2 Å². The highest BCUT2D eigenvalue weighted by molar-refractivity contribution is 7.99. The lowest BCUT2D eigenvalue weighted by molar-refractivity contribution is 0.0705. The van der Waals surface area contributed by atoms with Crippen molar-refractivity contribution in [2.45, 2.75) is 55.7 Å². The van der Waals surface area contributed by atoms with Gasteiger partial charge in [-0.3, -0.25) is 4.79 Å². The summed E-state index contributed by atoms with van der Waals surface area (Å²) in [6.45, 7) is 7.30. The van der Waals surface area contributed by atoms with Crippen LogP contribution in [0.15, 0.2) is 29.2 Å². The SMILES string of the molecule is CC(C)Sc1ccc(C(=O)N2CCC(NCC3CC3)CC2)cc1.Cl. The van der Waals surface area contributed by atoms with E-state index in [9.17, 15) is 4.79 Å². The van der Waals surface area contributed by atoms with Crippen molar-refractivity contribution in [1.29, 1.82) is 0 Å². The highest BCUT2D eigenvalue weighted by Gasteiger charge is 2.26. The zero-order valence-corrected chi connectivity index (χ0v) is 16.3. The number of benzene rings is 1. The molecule has 2 fully saturated rings. The van der Waals surface area contributed by atoms with Crippen LogP contribution in [-0.2, 0) is 0 Å². The van der Waals surface area contributed by atoms with Gasteiger partial charge in [0.15, 0.2) is 0 Å². The molecule has 1 amide bonds. The number of halogens is 1. The van der Waals surface area contributed by atoms with Gasteiger partial charge in [-0.05, 0) is 62.4 Å². The van der Waals surface area contributed by atoms with Gasteiger partial charge in [-0.2, -0.15) is 0 Å². The first kappa shape index (κ1) is 19.6. The third kappa shape index (κ3) is 5.68. The standard InChI is InChI=1S/C19H28N2OS.ClH/c1-14(2)23-18-7-5-16(6-8-18)19(22)21-11-9-17(10-12-21)20-13-15-3-4-15;/h5-8,14-15,17,20H,3-4,9-13H2,1-2H3;1H. The Hall–Kier alpha value is -0.710. The Morgan fingerprint density at radius 2 is 1.79 bits per heavy atom. The number of rotatable bonds is 6. The Labute approximate surface area is 156 Å². The average molecular weight is 369 g/mol. The van der Waals surface area contributed by atoms with Crippen LogP contribution in [0.4, 0.5) is 0 Å². The summed E-state index contributed by atoms with van der Waals surface area (Å²) in [6.07, 6.45) is 4.96. The van der Waals surface area contributed by atoms with Gasteiger partial charge < -0.3 is 10.2 Å². The molecule has 1 aromatic carbocycles. The van der Waals surface area contributed by atoms with Gasteiger partial charge in [0, 0.05) is 34.8 Å². The van der Waals surface area contributed by atoms with Gasteiger partial charge in [0.1, 0.15) is 0 Å². The van der Waals surface area contributed by atoms with Crippen molar-refractivity contribution in [3.63, 3.8) is 0 Å². The van der Waals surface area contributed by atoms with E-state index < -0.39 is 0 Å². The van der Waals surface area contributed by atoms with E-state index in [4.69, 9.17) is 0 Å². The largest absolute Gasteiger partial charge is 0.339 e. The highest BCUT2D eigenvalue weighted by Crippen LogP contribution is 2.28. The minimum atomic E-state index is 0. The quantitative estimate of drug-likeness (QED) is 0.763. The van der Waals surface area contributed by atoms with Crippen molar-refractivity contribution in [2.24, 2.45) is 5.92 Å². The van der Waals surface area contributed by atoms with Crippen LogP contribution in [0.25, 0.3) is 0 Å². The first-order valence-electron chi connectivity index (χ1n) is 8.91. The third-order valence-corrected chi connectivity index (χ3v) is 5.66. The molecule has 0 aromatic heterocycles. The molecule has 1 aliphatic carbocycles. The molecule has 1 N–H and O–H groups in total. The lowest BCUT2D eigenvalue weighted by Crippen LogP contribution is -2.45. The topological polar surface area (TPSA) is 32.3 Å². The summed E-state index contributed by atoms with van der Waals surface area (Å²) in [4.78, 5) is 15.9. The number of amides is 1. The lowest BCUT2D eigenvalue weighted by atomic mass is 10.0. The Morgan fingerprint density at radius 1 is 1.17 bits per heavy atom. The van der Waals surface area contributed by atoms with E-state index in [1.165, 1.54) is 24.3 Å². The maximum Gasteiger partial charge on any atom is 0.253 e. The molecule has 2 aliphatic rings. The zero-order valence-electron chi connectivity index (χ0n) is 14.7. The summed E-state index contributed by atoms with van der Waals surface area (Å²) < 4.78 is 0. The maximum absolute atomic E-state index is 12.6. The van der Waals surface area contributed by atoms with Crippen LogP contribution in [-0.4, -0.2) is 41.7 Å². The second-order valence-corrected chi connectivity index (χ2v) is 8.76. The van der Waals surface area contributed by atoms with Gasteiger partial charge in [-0.25, -0.2) is 0 Å². The van der Waals surface area contributed by atoms with Gasteiger partial charge in [0.25, 0.3) is 5.91 Å². The molecule has 1 heterocycles. The molecule has 1 aliphatic heterocycles. The van der Waals surface area contributed by atoms with Gasteiger partial charge in [0.05, 0.1) is 0 Å². The molecule has 24 heavy (non-hydrogen) atoms. The molecule has 0 radical (unpaired) electrons. The first-order valence-corrected chi connectivity index (χ1v) is 9.79. The Bertz CT molecular complexity index is 523. The molecular formula is C19H29ClN2OS. The Morgan fingerprint density at radius 3 is 2.33 bits per heavy atom. The predicted octanol–water partition coefficient (Wildman–Crippen LogP) is 4.21. The number of piperidine rings is 1. The molecule has 0 spiro atoms. The summed E-state index contributed by atoms with van der Waals surface area (Å²) in [5.74, 6) is 1.11. The highest BCUT2D eigenvalue weighted by atomic mass is 35.5. The fourth-order valence-corrected chi connectivity index (χ4v) is 3.91. The molecule has 1 aromatic rings. The summed E-state index contributed by atoms with van der Waals surface area (Å²) in [5, 5.41) is 4.24. The van der Waals surface area contributed by atoms with Crippen molar-refractivity contribution in [2.75, 3.05) is 19.6 Å². The number of carbonyl (C=O) groups is 1. The summed E-state index contributed by atoms with van der Waals surface area (Å²) in [5.41, 5.74) is 0.822. The molecule has 134 valence electrons. The Kier molecular flexibility index (Phi) is 7.45. The predicted molar refractivity (Wildman–Crippen MR) is 104 cm³/mol. The maximum atomic E-state index is 12.6. The molecule has 0 unspecified atom stereocenters. The summed E-state index contributed by atoms with van der Waals surface area (Å²) in [7, 11) is 0. The van der Waals surface area contributed by atoms with Crippen molar-refractivity contribution in [1.82, 2.24) is 10.2 Å². The second kappa shape index (κ2) is 9.12. The number of likely N-dealkylation sites (tertiary alicyclic amines) is 1. The summed E-state index contributed by atoms with van der Waals surface area (Å²) >= 11 is 1.83. The molecule has 0 bridgehead atoms. The van der Waals surface area contributed by atoms with Gasteiger partial charge in [-0.15, -0.1) is 24.2 Å². The van der Waals surface area contributed by atoms with Gasteiger partial charge in [0.2, 0.25) is 0 Å². The van der Waals surface area contributed by atoms with Crippen LogP contribution in [0.3, 0.4) is 0 Å². The molecule has 1 saturated heterocycles. The van der Waals surface area contributed by atoms with Crippen LogP contribution in [0.2, 0.25) is 0 Å². The fourth-order valence-electron chi connectivity index (χ4n) is 3.07. The molecule has 3 nitrogen and oxygen atoms in total. The normalized spacial score (nSPS) is 18.5. The van der Waals surface area contributed by atoms with Crippen molar-refractivity contribution in [3.8, 4) is 0 Å². The van der Waals surface area contributed by atoms with Crippen molar-refractivity contribution >= 4 is 30.1 Å². The lowest BCUT2D eigenvalue weighted by Gasteiger charge is -2.32. The Balaban J connectivity index is 0.00000208. The number of hydrogen-bond acceptors (Lipinski definition) is 3. The van der Waals surface area contributed by atoms with E-state index in [2.05, 4.69) is 31.3 Å². The van der Waals surface area contributed by atoms with E-state index in [0.717, 1.165) is 37.4 Å². The van der Waals surface area contributed by atoms with E-state index in [1.54, 1.807) is 0 Å². The number of nitrogens with one attached hydrogen (secondary N) is 1. The van der Waals surface area contributed by atoms with E-state index >= 15 is 0 Å². The molecule has 1 saturated carbocycles. The van der Waals surface area contributed by atoms with Crippen LogP contribution in [0.1, 0.15) is 49.9 Å². The number of carbonyl (C=O) groups excluding carboxylic acids is 1. The van der Waals surface area contributed by atoms with Crippen LogP contribution < -0.4 is 5.32 Å².